The zero-order chi connectivity index (χ0) is 20.6. The summed E-state index contributed by atoms with van der Waals surface area (Å²) in [5, 5.41) is 4.22. The summed E-state index contributed by atoms with van der Waals surface area (Å²) in [5.41, 5.74) is 5.86. The number of nitrogens with zero attached hydrogens (tertiary/aromatic N) is 2. The smallest absolute Gasteiger partial charge is 0.252 e. The molecule has 0 unspecified atom stereocenters. The zero-order valence-corrected chi connectivity index (χ0v) is 16.2. The number of nitrogens with one attached hydrogen (secondary N) is 2. The lowest BCUT2D eigenvalue weighted by Gasteiger charge is -2.09. The summed E-state index contributed by atoms with van der Waals surface area (Å²) in [7, 11) is 0. The maximum atomic E-state index is 12.0. The average molecular weight is 396 g/mol. The number of rotatable bonds is 7. The Bertz CT molecular complexity index is 1190. The molecule has 0 fully saturated rings. The molecule has 1 heterocycles. The third-order valence-electron chi connectivity index (χ3n) is 4.34. The first-order chi connectivity index (χ1) is 14.8. The van der Waals surface area contributed by atoms with Gasteiger partial charge in [0, 0.05) is 17.2 Å². The van der Waals surface area contributed by atoms with Crippen molar-refractivity contribution >= 4 is 12.2 Å². The van der Waals surface area contributed by atoms with Crippen LogP contribution >= 0.6 is 0 Å². The lowest BCUT2D eigenvalue weighted by molar-refractivity contribution is 0.306. The van der Waals surface area contributed by atoms with Crippen LogP contribution in [0.5, 0.6) is 5.75 Å². The van der Waals surface area contributed by atoms with Crippen LogP contribution in [0.3, 0.4) is 0 Å². The van der Waals surface area contributed by atoms with E-state index in [-0.39, 0.29) is 11.5 Å². The first-order valence-electron chi connectivity index (χ1n) is 9.49. The van der Waals surface area contributed by atoms with Gasteiger partial charge in [-0.3, -0.25) is 9.78 Å². The van der Waals surface area contributed by atoms with E-state index < -0.39 is 0 Å². The Hall–Kier alpha value is -4.19. The van der Waals surface area contributed by atoms with Gasteiger partial charge in [0.05, 0.1) is 11.9 Å². The largest absolute Gasteiger partial charge is 0.488 e. The van der Waals surface area contributed by atoms with Crippen molar-refractivity contribution in [3.05, 3.63) is 112 Å². The van der Waals surface area contributed by atoms with E-state index in [4.69, 9.17) is 4.74 Å². The van der Waals surface area contributed by atoms with Crippen molar-refractivity contribution in [3.8, 4) is 17.0 Å². The molecule has 1 aromatic heterocycles. The van der Waals surface area contributed by atoms with E-state index in [1.807, 2.05) is 84.9 Å². The summed E-state index contributed by atoms with van der Waals surface area (Å²) < 4.78 is 5.93. The second-order valence-corrected chi connectivity index (χ2v) is 6.53. The lowest BCUT2D eigenvalue weighted by atomic mass is 10.1. The molecule has 0 saturated heterocycles. The molecule has 0 amide bonds. The normalized spacial score (nSPS) is 10.8. The van der Waals surface area contributed by atoms with Gasteiger partial charge in [0.15, 0.2) is 0 Å². The first-order valence-corrected chi connectivity index (χ1v) is 9.49. The number of para-hydroxylation sites is 1. The van der Waals surface area contributed by atoms with Crippen molar-refractivity contribution in [1.82, 2.24) is 9.97 Å². The van der Waals surface area contributed by atoms with Gasteiger partial charge in [0.25, 0.3) is 5.56 Å². The van der Waals surface area contributed by atoms with Crippen LogP contribution in [-0.4, -0.2) is 16.2 Å². The topological polar surface area (TPSA) is 79.4 Å². The standard InChI is InChI=1S/C24H20N4O2/c29-23-15-21(19-11-5-2-6-12-19)26-24(27-23)28-25-16-20-13-7-8-14-22(20)30-17-18-9-3-1-4-10-18/h1-16H,17H2,(H2,26,27,28,29)/b25-16-. The van der Waals surface area contributed by atoms with Crippen molar-refractivity contribution in [2.45, 2.75) is 6.61 Å². The van der Waals surface area contributed by atoms with Crippen molar-refractivity contribution in [2.75, 3.05) is 5.43 Å². The molecule has 4 rings (SSSR count). The molecule has 0 aliphatic heterocycles. The predicted molar refractivity (Wildman–Crippen MR) is 119 cm³/mol. The van der Waals surface area contributed by atoms with Gasteiger partial charge in [-0.25, -0.2) is 10.4 Å². The van der Waals surface area contributed by atoms with Crippen LogP contribution in [0, 0.1) is 0 Å². The SMILES string of the molecule is O=c1cc(-c2ccccc2)nc(N/N=C\c2ccccc2OCc2ccccc2)[nH]1. The number of hydrazone groups is 1. The highest BCUT2D eigenvalue weighted by atomic mass is 16.5. The molecule has 0 aliphatic carbocycles. The van der Waals surface area contributed by atoms with Gasteiger partial charge in [0.2, 0.25) is 5.95 Å². The third kappa shape index (κ3) is 4.99. The van der Waals surface area contributed by atoms with Gasteiger partial charge in [-0.15, -0.1) is 0 Å². The fourth-order valence-corrected chi connectivity index (χ4v) is 2.88. The van der Waals surface area contributed by atoms with E-state index in [0.717, 1.165) is 16.7 Å². The molecule has 3 aromatic carbocycles. The average Bonchev–Trinajstić information content (AvgIpc) is 2.79. The molecule has 0 spiro atoms. The predicted octanol–water partition coefficient (Wildman–Crippen LogP) is 4.46. The lowest BCUT2D eigenvalue weighted by Crippen LogP contribution is -2.10. The van der Waals surface area contributed by atoms with Gasteiger partial charge >= 0.3 is 0 Å². The molecule has 0 saturated carbocycles. The van der Waals surface area contributed by atoms with Crippen LogP contribution < -0.4 is 15.7 Å². The van der Waals surface area contributed by atoms with Crippen LogP contribution in [0.2, 0.25) is 0 Å². The molecule has 30 heavy (non-hydrogen) atoms. The zero-order valence-electron chi connectivity index (χ0n) is 16.2. The molecule has 0 atom stereocenters. The van der Waals surface area contributed by atoms with Crippen molar-refractivity contribution in [2.24, 2.45) is 5.10 Å². The highest BCUT2D eigenvalue weighted by Gasteiger charge is 2.04. The summed E-state index contributed by atoms with van der Waals surface area (Å²) >= 11 is 0. The molecule has 0 radical (unpaired) electrons. The molecular formula is C24H20N4O2. The fourth-order valence-electron chi connectivity index (χ4n) is 2.88. The summed E-state index contributed by atoms with van der Waals surface area (Å²) in [6.07, 6.45) is 1.63. The van der Waals surface area contributed by atoms with Crippen LogP contribution in [-0.2, 0) is 6.61 Å². The fraction of sp³-hybridized carbons (Fsp3) is 0.0417. The molecule has 4 aromatic rings. The number of benzene rings is 3. The number of H-pyrrole nitrogens is 1. The second kappa shape index (κ2) is 9.34. The number of ether oxygens (including phenoxy) is 1. The van der Waals surface area contributed by atoms with E-state index in [2.05, 4.69) is 20.5 Å². The second-order valence-electron chi connectivity index (χ2n) is 6.53. The minimum atomic E-state index is -0.256. The molecule has 6 heteroatoms. The Labute approximate surface area is 173 Å². The minimum absolute atomic E-state index is 0.256. The molecule has 0 bridgehead atoms. The number of hydrogen-bond donors (Lipinski definition) is 2. The molecule has 0 aliphatic rings. The van der Waals surface area contributed by atoms with Gasteiger partial charge in [-0.1, -0.05) is 72.8 Å². The molecule has 2 N–H and O–H groups in total. The monoisotopic (exact) mass is 396 g/mol. The molecule has 6 nitrogen and oxygen atoms in total. The number of anilines is 1. The van der Waals surface area contributed by atoms with E-state index >= 15 is 0 Å². The van der Waals surface area contributed by atoms with Crippen LogP contribution in [0.25, 0.3) is 11.3 Å². The summed E-state index contributed by atoms with van der Waals surface area (Å²) in [5.74, 6) is 0.978. The Balaban J connectivity index is 1.47. The molecule has 148 valence electrons. The van der Waals surface area contributed by atoms with Crippen molar-refractivity contribution < 1.29 is 4.74 Å². The van der Waals surface area contributed by atoms with Crippen LogP contribution in [0.4, 0.5) is 5.95 Å². The van der Waals surface area contributed by atoms with Crippen molar-refractivity contribution in [3.63, 3.8) is 0 Å². The Morgan fingerprint density at radius 2 is 1.63 bits per heavy atom. The van der Waals surface area contributed by atoms with E-state index in [1.165, 1.54) is 6.07 Å². The molecular weight excluding hydrogens is 376 g/mol. The van der Waals surface area contributed by atoms with Crippen LogP contribution in [0.15, 0.2) is 101 Å². The Morgan fingerprint density at radius 3 is 2.43 bits per heavy atom. The quantitative estimate of drug-likeness (QED) is 0.357. The van der Waals surface area contributed by atoms with E-state index in [1.54, 1.807) is 6.21 Å². The van der Waals surface area contributed by atoms with Gasteiger partial charge in [-0.05, 0) is 17.7 Å². The Kier molecular flexibility index (Phi) is 5.96. The highest BCUT2D eigenvalue weighted by molar-refractivity contribution is 5.83. The van der Waals surface area contributed by atoms with E-state index in [9.17, 15) is 4.79 Å². The third-order valence-corrected chi connectivity index (χ3v) is 4.34. The van der Waals surface area contributed by atoms with Crippen molar-refractivity contribution in [1.29, 1.82) is 0 Å². The number of hydrogen-bond acceptors (Lipinski definition) is 5. The van der Waals surface area contributed by atoms with Crippen LogP contribution in [0.1, 0.15) is 11.1 Å². The van der Waals surface area contributed by atoms with Gasteiger partial charge in [-0.2, -0.15) is 5.10 Å². The maximum absolute atomic E-state index is 12.0. The van der Waals surface area contributed by atoms with E-state index in [0.29, 0.717) is 18.1 Å². The maximum Gasteiger partial charge on any atom is 0.252 e. The first kappa shape index (κ1) is 19.1. The van der Waals surface area contributed by atoms with Gasteiger partial charge < -0.3 is 4.74 Å². The Morgan fingerprint density at radius 1 is 0.933 bits per heavy atom. The number of aromatic amines is 1. The summed E-state index contributed by atoms with van der Waals surface area (Å²) in [6, 6.07) is 28.5. The number of aromatic nitrogens is 2. The minimum Gasteiger partial charge on any atom is -0.488 e. The highest BCUT2D eigenvalue weighted by Crippen LogP contribution is 2.18. The summed E-state index contributed by atoms with van der Waals surface area (Å²) in [4.78, 5) is 19.0. The summed E-state index contributed by atoms with van der Waals surface area (Å²) in [6.45, 7) is 0.465. The van der Waals surface area contributed by atoms with Gasteiger partial charge in [0.1, 0.15) is 12.4 Å².